The maximum Gasteiger partial charge on any atom is 0.315 e. The molecule has 0 saturated carbocycles. The summed E-state index contributed by atoms with van der Waals surface area (Å²) in [6.45, 7) is 3.99. The first-order valence-corrected chi connectivity index (χ1v) is 8.53. The lowest BCUT2D eigenvalue weighted by molar-refractivity contribution is -0.146. The molecule has 1 aliphatic carbocycles. The van der Waals surface area contributed by atoms with Gasteiger partial charge in [-0.15, -0.1) is 11.3 Å². The van der Waals surface area contributed by atoms with Crippen molar-refractivity contribution in [1.29, 1.82) is 0 Å². The van der Waals surface area contributed by atoms with E-state index in [4.69, 9.17) is 4.74 Å². The van der Waals surface area contributed by atoms with Crippen LogP contribution in [0.3, 0.4) is 0 Å². The van der Waals surface area contributed by atoms with Gasteiger partial charge in [0.05, 0.1) is 6.61 Å². The Labute approximate surface area is 133 Å². The van der Waals surface area contributed by atoms with Crippen molar-refractivity contribution in [1.82, 2.24) is 0 Å². The molecule has 116 valence electrons. The summed E-state index contributed by atoms with van der Waals surface area (Å²) in [5.74, 6) is -0.879. The molecule has 22 heavy (non-hydrogen) atoms. The molecule has 2 atom stereocenters. The molecule has 5 heteroatoms. The van der Waals surface area contributed by atoms with Crippen molar-refractivity contribution in [3.8, 4) is 0 Å². The summed E-state index contributed by atoms with van der Waals surface area (Å²) < 4.78 is 5.25. The maximum atomic E-state index is 12.5. The predicted molar refractivity (Wildman–Crippen MR) is 86.2 cm³/mol. The molecular weight excluding hydrogens is 298 g/mol. The van der Waals surface area contributed by atoms with Gasteiger partial charge in [-0.3, -0.25) is 14.6 Å². The number of ketones is 1. The van der Waals surface area contributed by atoms with E-state index in [2.05, 4.69) is 4.99 Å². The standard InChI is InChI=1S/C17H19NO3S/c1-3-21-17(20)14-10(2)18-11-6-4-7-12(19)15(11)16(14)13-8-5-9-22-13/h5,8-9,14,16H,3-4,6-7H2,1-2H3/t14?,16-/m0/s1. The zero-order chi connectivity index (χ0) is 15.7. The average Bonchev–Trinajstić information content (AvgIpc) is 3.00. The largest absolute Gasteiger partial charge is 0.465 e. The summed E-state index contributed by atoms with van der Waals surface area (Å²) >= 11 is 1.58. The van der Waals surface area contributed by atoms with Crippen LogP contribution in [0.15, 0.2) is 33.8 Å². The van der Waals surface area contributed by atoms with E-state index in [1.165, 1.54) is 0 Å². The molecule has 0 radical (unpaired) electrons. The summed E-state index contributed by atoms with van der Waals surface area (Å²) in [6, 6.07) is 3.95. The lowest BCUT2D eigenvalue weighted by Crippen LogP contribution is -2.36. The fraction of sp³-hybridized carbons (Fsp3) is 0.471. The van der Waals surface area contributed by atoms with Crippen LogP contribution < -0.4 is 0 Å². The minimum atomic E-state index is -0.487. The quantitative estimate of drug-likeness (QED) is 0.802. The second-order valence-corrected chi connectivity index (χ2v) is 6.59. The summed E-state index contributed by atoms with van der Waals surface area (Å²) in [5, 5.41) is 1.98. The molecule has 4 nitrogen and oxygen atoms in total. The first-order valence-electron chi connectivity index (χ1n) is 7.65. The Bertz CT molecular complexity index is 657. The number of hydrogen-bond acceptors (Lipinski definition) is 5. The van der Waals surface area contributed by atoms with Crippen LogP contribution in [0.2, 0.25) is 0 Å². The van der Waals surface area contributed by atoms with Crippen molar-refractivity contribution >= 4 is 28.8 Å². The Kier molecular flexibility index (Phi) is 4.25. The molecule has 1 unspecified atom stereocenters. The van der Waals surface area contributed by atoms with Crippen LogP contribution in [-0.2, 0) is 14.3 Å². The highest BCUT2D eigenvalue weighted by Crippen LogP contribution is 2.44. The topological polar surface area (TPSA) is 55.7 Å². The number of hydrogen-bond donors (Lipinski definition) is 0. The number of aliphatic imine (C=N–C) groups is 1. The third-order valence-corrected chi connectivity index (χ3v) is 5.18. The Morgan fingerprint density at radius 1 is 1.45 bits per heavy atom. The second-order valence-electron chi connectivity index (χ2n) is 5.61. The highest BCUT2D eigenvalue weighted by atomic mass is 32.1. The predicted octanol–water partition coefficient (Wildman–Crippen LogP) is 3.49. The molecule has 2 aliphatic rings. The Hall–Kier alpha value is -1.75. The monoisotopic (exact) mass is 317 g/mol. The van der Waals surface area contributed by atoms with E-state index < -0.39 is 5.92 Å². The first-order chi connectivity index (χ1) is 10.6. The number of carbonyl (C=O) groups is 2. The molecule has 0 fully saturated rings. The molecule has 0 amide bonds. The lowest BCUT2D eigenvalue weighted by Gasteiger charge is -2.33. The first kappa shape index (κ1) is 15.2. The van der Waals surface area contributed by atoms with Gasteiger partial charge >= 0.3 is 5.97 Å². The molecule has 0 bridgehead atoms. The van der Waals surface area contributed by atoms with Gasteiger partial charge < -0.3 is 4.74 Å². The lowest BCUT2D eigenvalue weighted by atomic mass is 9.74. The van der Waals surface area contributed by atoms with Gasteiger partial charge in [0.15, 0.2) is 5.78 Å². The van der Waals surface area contributed by atoms with E-state index in [9.17, 15) is 9.59 Å². The number of thiophene rings is 1. The highest BCUT2D eigenvalue weighted by molar-refractivity contribution is 7.10. The van der Waals surface area contributed by atoms with Crippen molar-refractivity contribution in [2.75, 3.05) is 6.61 Å². The van der Waals surface area contributed by atoms with Crippen molar-refractivity contribution in [2.24, 2.45) is 10.9 Å². The number of rotatable bonds is 3. The van der Waals surface area contributed by atoms with E-state index in [0.29, 0.717) is 13.0 Å². The van der Waals surface area contributed by atoms with E-state index in [1.807, 2.05) is 24.4 Å². The number of allylic oxidation sites excluding steroid dienone is 2. The van der Waals surface area contributed by atoms with Gasteiger partial charge in [-0.1, -0.05) is 6.07 Å². The van der Waals surface area contributed by atoms with Gasteiger partial charge in [0, 0.05) is 34.2 Å². The van der Waals surface area contributed by atoms with E-state index in [1.54, 1.807) is 18.3 Å². The molecule has 0 saturated heterocycles. The molecule has 2 heterocycles. The number of ether oxygens (including phenoxy) is 1. The molecule has 3 rings (SSSR count). The van der Waals surface area contributed by atoms with Crippen LogP contribution in [-0.4, -0.2) is 24.1 Å². The summed E-state index contributed by atoms with van der Waals surface area (Å²) in [4.78, 5) is 30.6. The van der Waals surface area contributed by atoms with Gasteiger partial charge in [-0.25, -0.2) is 0 Å². The number of carbonyl (C=O) groups excluding carboxylic acids is 2. The summed E-state index contributed by atoms with van der Waals surface area (Å²) in [5.41, 5.74) is 2.36. The van der Waals surface area contributed by atoms with Crippen LogP contribution in [0.1, 0.15) is 43.9 Å². The van der Waals surface area contributed by atoms with Gasteiger partial charge in [-0.2, -0.15) is 0 Å². The number of Topliss-reactive ketones (excluding diaryl/α,β-unsaturated/α-hetero) is 1. The van der Waals surface area contributed by atoms with Gasteiger partial charge in [0.25, 0.3) is 0 Å². The SMILES string of the molecule is CCOC(=O)C1C(C)=NC2=C(C(=O)CCC2)[C@H]1c1cccs1. The summed E-state index contributed by atoms with van der Waals surface area (Å²) in [7, 11) is 0. The molecule has 0 aromatic carbocycles. The van der Waals surface area contributed by atoms with Crippen molar-refractivity contribution in [3.05, 3.63) is 33.7 Å². The smallest absolute Gasteiger partial charge is 0.315 e. The fourth-order valence-corrected chi connectivity index (χ4v) is 4.19. The average molecular weight is 317 g/mol. The second kappa shape index (κ2) is 6.16. The third-order valence-electron chi connectivity index (χ3n) is 4.22. The molecule has 0 spiro atoms. The number of esters is 1. The minimum Gasteiger partial charge on any atom is -0.465 e. The summed E-state index contributed by atoms with van der Waals surface area (Å²) in [6.07, 6.45) is 2.20. The van der Waals surface area contributed by atoms with E-state index in [0.717, 1.165) is 34.7 Å². The third kappa shape index (κ3) is 2.54. The fourth-order valence-electron chi connectivity index (χ4n) is 3.32. The van der Waals surface area contributed by atoms with Crippen LogP contribution in [0.5, 0.6) is 0 Å². The molecule has 1 aliphatic heterocycles. The molecule has 1 aromatic heterocycles. The number of nitrogens with zero attached hydrogens (tertiary/aromatic N) is 1. The molecule has 0 N–H and O–H groups in total. The van der Waals surface area contributed by atoms with Gasteiger partial charge in [-0.05, 0) is 38.1 Å². The van der Waals surface area contributed by atoms with Crippen LogP contribution >= 0.6 is 11.3 Å². The van der Waals surface area contributed by atoms with Crippen molar-refractivity contribution < 1.29 is 14.3 Å². The Morgan fingerprint density at radius 3 is 2.95 bits per heavy atom. The van der Waals surface area contributed by atoms with Crippen LogP contribution in [0.4, 0.5) is 0 Å². The Morgan fingerprint density at radius 2 is 2.27 bits per heavy atom. The van der Waals surface area contributed by atoms with Crippen molar-refractivity contribution in [3.63, 3.8) is 0 Å². The van der Waals surface area contributed by atoms with E-state index in [-0.39, 0.29) is 17.7 Å². The minimum absolute atomic E-state index is 0.130. The van der Waals surface area contributed by atoms with Crippen LogP contribution in [0.25, 0.3) is 0 Å². The maximum absolute atomic E-state index is 12.5. The molecule has 1 aromatic rings. The van der Waals surface area contributed by atoms with Crippen molar-refractivity contribution in [2.45, 2.75) is 39.0 Å². The molecular formula is C17H19NO3S. The highest BCUT2D eigenvalue weighted by Gasteiger charge is 2.43. The van der Waals surface area contributed by atoms with Crippen LogP contribution in [0, 0.1) is 5.92 Å². The zero-order valence-electron chi connectivity index (χ0n) is 12.8. The normalized spacial score (nSPS) is 24.8. The van der Waals surface area contributed by atoms with Gasteiger partial charge in [0.1, 0.15) is 5.92 Å². The van der Waals surface area contributed by atoms with Gasteiger partial charge in [0.2, 0.25) is 0 Å². The Balaban J connectivity index is 2.11. The van der Waals surface area contributed by atoms with E-state index >= 15 is 0 Å². The zero-order valence-corrected chi connectivity index (χ0v) is 13.6.